The van der Waals surface area contributed by atoms with Gasteiger partial charge in [0.05, 0.1) is 6.04 Å². The number of amides is 2. The average molecular weight is 350 g/mol. The zero-order chi connectivity index (χ0) is 19.2. The molecule has 1 unspecified atom stereocenters. The number of hydrogen-bond donors (Lipinski definition) is 2. The predicted octanol–water partition coefficient (Wildman–Crippen LogP) is 4.07. The van der Waals surface area contributed by atoms with Crippen LogP contribution in [0.25, 0.3) is 6.08 Å². The highest BCUT2D eigenvalue weighted by atomic mass is 16.2. The zero-order valence-corrected chi connectivity index (χ0v) is 15.7. The second-order valence-corrected chi connectivity index (χ2v) is 7.28. The van der Waals surface area contributed by atoms with Crippen LogP contribution in [0.1, 0.15) is 44.9 Å². The van der Waals surface area contributed by atoms with Gasteiger partial charge in [-0.2, -0.15) is 0 Å². The average Bonchev–Trinajstić information content (AvgIpc) is 2.61. The molecule has 0 fully saturated rings. The maximum atomic E-state index is 12.8. The van der Waals surface area contributed by atoms with Crippen molar-refractivity contribution in [1.29, 1.82) is 0 Å². The minimum Gasteiger partial charge on any atom is -0.344 e. The first-order valence-electron chi connectivity index (χ1n) is 8.71. The van der Waals surface area contributed by atoms with Crippen LogP contribution in [0, 0.1) is 5.41 Å². The molecule has 0 radical (unpaired) electrons. The number of carbonyl (C=O) groups is 2. The van der Waals surface area contributed by atoms with Crippen molar-refractivity contribution in [3.8, 4) is 0 Å². The van der Waals surface area contributed by atoms with E-state index < -0.39 is 5.41 Å². The molecule has 0 saturated heterocycles. The Morgan fingerprint density at radius 3 is 2.00 bits per heavy atom. The third-order valence-electron chi connectivity index (χ3n) is 3.93. The van der Waals surface area contributed by atoms with Crippen LogP contribution in [-0.4, -0.2) is 11.8 Å². The van der Waals surface area contributed by atoms with Gasteiger partial charge in [0.2, 0.25) is 5.91 Å². The Morgan fingerprint density at radius 1 is 0.923 bits per heavy atom. The molecule has 4 heteroatoms. The molecule has 0 bridgehead atoms. The number of nitrogens with one attached hydrogen (secondary N) is 2. The molecule has 2 aromatic carbocycles. The van der Waals surface area contributed by atoms with Crippen LogP contribution in [0.2, 0.25) is 0 Å². The summed E-state index contributed by atoms with van der Waals surface area (Å²) in [6.07, 6.45) is 1.69. The normalized spacial score (nSPS) is 13.0. The van der Waals surface area contributed by atoms with Crippen LogP contribution < -0.4 is 10.6 Å². The van der Waals surface area contributed by atoms with E-state index in [9.17, 15) is 9.59 Å². The van der Waals surface area contributed by atoms with Crippen LogP contribution in [0.3, 0.4) is 0 Å². The topological polar surface area (TPSA) is 58.2 Å². The molecule has 136 valence electrons. The van der Waals surface area contributed by atoms with E-state index in [4.69, 9.17) is 0 Å². The summed E-state index contributed by atoms with van der Waals surface area (Å²) in [5, 5.41) is 5.72. The summed E-state index contributed by atoms with van der Waals surface area (Å²) in [6, 6.07) is 19.0. The van der Waals surface area contributed by atoms with Crippen molar-refractivity contribution in [2.24, 2.45) is 5.41 Å². The quantitative estimate of drug-likeness (QED) is 0.799. The Kier molecular flexibility index (Phi) is 6.34. The summed E-state index contributed by atoms with van der Waals surface area (Å²) in [4.78, 5) is 25.2. The molecule has 2 rings (SSSR count). The van der Waals surface area contributed by atoms with E-state index in [1.165, 1.54) is 0 Å². The number of rotatable bonds is 5. The van der Waals surface area contributed by atoms with Crippen molar-refractivity contribution in [2.75, 3.05) is 0 Å². The van der Waals surface area contributed by atoms with Crippen molar-refractivity contribution >= 4 is 17.9 Å². The van der Waals surface area contributed by atoms with Crippen LogP contribution in [0.15, 0.2) is 66.4 Å². The standard InChI is InChI=1S/C22H26N2O2/c1-16(18-13-9-6-10-14-18)23-20(25)19(24-21(26)22(2,3)4)15-17-11-7-5-8-12-17/h5-16H,1-4H3,(H,23,25)(H,24,26)/b19-15-. The summed E-state index contributed by atoms with van der Waals surface area (Å²) in [5.74, 6) is -0.523. The Balaban J connectivity index is 2.23. The second-order valence-electron chi connectivity index (χ2n) is 7.28. The highest BCUT2D eigenvalue weighted by molar-refractivity contribution is 6.02. The molecule has 1 atom stereocenters. The van der Waals surface area contributed by atoms with Gasteiger partial charge in [0, 0.05) is 5.41 Å². The monoisotopic (exact) mass is 350 g/mol. The van der Waals surface area contributed by atoms with Gasteiger partial charge < -0.3 is 10.6 Å². The van der Waals surface area contributed by atoms with Crippen LogP contribution in [0.5, 0.6) is 0 Å². The number of carbonyl (C=O) groups excluding carboxylic acids is 2. The van der Waals surface area contributed by atoms with E-state index >= 15 is 0 Å². The smallest absolute Gasteiger partial charge is 0.268 e. The van der Waals surface area contributed by atoms with Gasteiger partial charge >= 0.3 is 0 Å². The van der Waals surface area contributed by atoms with Crippen LogP contribution in [0.4, 0.5) is 0 Å². The fourth-order valence-corrected chi connectivity index (χ4v) is 2.28. The fraction of sp³-hybridized carbons (Fsp3) is 0.273. The van der Waals surface area contributed by atoms with Crippen molar-refractivity contribution in [2.45, 2.75) is 33.7 Å². The third-order valence-corrected chi connectivity index (χ3v) is 3.93. The van der Waals surface area contributed by atoms with Crippen LogP contribution in [-0.2, 0) is 9.59 Å². The summed E-state index contributed by atoms with van der Waals surface area (Å²) in [6.45, 7) is 7.35. The van der Waals surface area contributed by atoms with Gasteiger partial charge in [-0.05, 0) is 24.1 Å². The maximum Gasteiger partial charge on any atom is 0.268 e. The minimum atomic E-state index is -0.596. The molecule has 0 aliphatic heterocycles. The second kappa shape index (κ2) is 8.48. The first kappa shape index (κ1) is 19.4. The van der Waals surface area contributed by atoms with Gasteiger partial charge in [-0.3, -0.25) is 9.59 Å². The van der Waals surface area contributed by atoms with E-state index in [1.807, 2.05) is 88.4 Å². The van der Waals surface area contributed by atoms with Gasteiger partial charge in [0.25, 0.3) is 5.91 Å². The Labute approximate surface area is 155 Å². The summed E-state index contributed by atoms with van der Waals surface area (Å²) in [5.41, 5.74) is 1.49. The molecular formula is C22H26N2O2. The lowest BCUT2D eigenvalue weighted by molar-refractivity contribution is -0.129. The number of benzene rings is 2. The molecule has 2 N–H and O–H groups in total. The van der Waals surface area contributed by atoms with Gasteiger partial charge in [-0.25, -0.2) is 0 Å². The SMILES string of the molecule is CC(NC(=O)/C(=C/c1ccccc1)NC(=O)C(C)(C)C)c1ccccc1. The summed E-state index contributed by atoms with van der Waals surface area (Å²) < 4.78 is 0. The molecule has 0 aliphatic rings. The van der Waals surface area contributed by atoms with E-state index in [0.29, 0.717) is 0 Å². The zero-order valence-electron chi connectivity index (χ0n) is 15.7. The van der Waals surface area contributed by atoms with Crippen molar-refractivity contribution < 1.29 is 9.59 Å². The lowest BCUT2D eigenvalue weighted by Gasteiger charge is -2.21. The highest BCUT2D eigenvalue weighted by Crippen LogP contribution is 2.16. The highest BCUT2D eigenvalue weighted by Gasteiger charge is 2.24. The van der Waals surface area contributed by atoms with E-state index in [0.717, 1.165) is 11.1 Å². The molecule has 0 saturated carbocycles. The summed E-state index contributed by atoms with van der Waals surface area (Å²) in [7, 11) is 0. The first-order valence-corrected chi connectivity index (χ1v) is 8.71. The number of hydrogen-bond acceptors (Lipinski definition) is 2. The molecule has 0 heterocycles. The lowest BCUT2D eigenvalue weighted by Crippen LogP contribution is -2.40. The van der Waals surface area contributed by atoms with E-state index in [-0.39, 0.29) is 23.6 Å². The van der Waals surface area contributed by atoms with Gasteiger partial charge in [-0.1, -0.05) is 81.4 Å². The van der Waals surface area contributed by atoms with Crippen molar-refractivity contribution in [1.82, 2.24) is 10.6 Å². The molecular weight excluding hydrogens is 324 g/mol. The molecule has 0 aliphatic carbocycles. The van der Waals surface area contributed by atoms with Crippen molar-refractivity contribution in [3.63, 3.8) is 0 Å². The summed E-state index contributed by atoms with van der Waals surface area (Å²) >= 11 is 0. The lowest BCUT2D eigenvalue weighted by atomic mass is 9.95. The van der Waals surface area contributed by atoms with E-state index in [1.54, 1.807) is 6.08 Å². The predicted molar refractivity (Wildman–Crippen MR) is 105 cm³/mol. The fourth-order valence-electron chi connectivity index (χ4n) is 2.28. The molecule has 2 amide bonds. The minimum absolute atomic E-state index is 0.172. The Morgan fingerprint density at radius 2 is 1.46 bits per heavy atom. The molecule has 0 aromatic heterocycles. The molecule has 2 aromatic rings. The Hall–Kier alpha value is -2.88. The Bertz CT molecular complexity index is 775. The first-order chi connectivity index (χ1) is 12.3. The largest absolute Gasteiger partial charge is 0.344 e. The molecule has 0 spiro atoms. The van der Waals surface area contributed by atoms with Crippen LogP contribution >= 0.6 is 0 Å². The van der Waals surface area contributed by atoms with Gasteiger partial charge in [0.15, 0.2) is 0 Å². The third kappa shape index (κ3) is 5.59. The maximum absolute atomic E-state index is 12.8. The van der Waals surface area contributed by atoms with E-state index in [2.05, 4.69) is 10.6 Å². The van der Waals surface area contributed by atoms with Gasteiger partial charge in [-0.15, -0.1) is 0 Å². The molecule has 26 heavy (non-hydrogen) atoms. The molecule has 4 nitrogen and oxygen atoms in total. The van der Waals surface area contributed by atoms with Gasteiger partial charge in [0.1, 0.15) is 5.70 Å². The van der Waals surface area contributed by atoms with Crippen molar-refractivity contribution in [3.05, 3.63) is 77.5 Å².